The molecule has 0 radical (unpaired) electrons. The highest BCUT2D eigenvalue weighted by Crippen LogP contribution is 2.20. The molecule has 19 heavy (non-hydrogen) atoms. The molecule has 0 aliphatic rings. The first kappa shape index (κ1) is 16.1. The summed E-state index contributed by atoms with van der Waals surface area (Å²) in [5.74, 6) is 0.305. The normalized spacial score (nSPS) is 12.4. The topological polar surface area (TPSA) is 63.4 Å². The van der Waals surface area contributed by atoms with E-state index >= 15 is 0 Å². The molecule has 0 aliphatic heterocycles. The van der Waals surface area contributed by atoms with Crippen LogP contribution in [0.1, 0.15) is 31.9 Å². The Labute approximate surface area is 116 Å². The molecular formula is C14H24N2O2S. The molecule has 5 heteroatoms. The van der Waals surface area contributed by atoms with E-state index in [2.05, 4.69) is 0 Å². The fourth-order valence-corrected chi connectivity index (χ4v) is 3.71. The first-order valence-electron chi connectivity index (χ1n) is 6.62. The van der Waals surface area contributed by atoms with Crippen LogP contribution in [0.4, 0.5) is 0 Å². The van der Waals surface area contributed by atoms with Gasteiger partial charge in [-0.3, -0.25) is 0 Å². The molecule has 0 bridgehead atoms. The lowest BCUT2D eigenvalue weighted by Crippen LogP contribution is -2.34. The SMILES string of the molecule is CCN(CC(C)C)S(=O)(=O)c1ccc(CN)c(C)c1. The fourth-order valence-electron chi connectivity index (χ4n) is 2.01. The van der Waals surface area contributed by atoms with Crippen molar-refractivity contribution in [2.24, 2.45) is 11.7 Å². The molecule has 4 nitrogen and oxygen atoms in total. The summed E-state index contributed by atoms with van der Waals surface area (Å²) in [7, 11) is -3.40. The maximum absolute atomic E-state index is 12.5. The van der Waals surface area contributed by atoms with Gasteiger partial charge in [0.15, 0.2) is 0 Å². The summed E-state index contributed by atoms with van der Waals surface area (Å²) < 4.78 is 26.6. The van der Waals surface area contributed by atoms with Crippen LogP contribution in [0.5, 0.6) is 0 Å². The highest BCUT2D eigenvalue weighted by atomic mass is 32.2. The van der Waals surface area contributed by atoms with Gasteiger partial charge in [-0.2, -0.15) is 4.31 Å². The van der Waals surface area contributed by atoms with E-state index in [1.54, 1.807) is 18.2 Å². The maximum Gasteiger partial charge on any atom is 0.243 e. The van der Waals surface area contributed by atoms with Gasteiger partial charge in [0.1, 0.15) is 0 Å². The Hall–Kier alpha value is -0.910. The van der Waals surface area contributed by atoms with E-state index in [1.807, 2.05) is 27.7 Å². The van der Waals surface area contributed by atoms with E-state index < -0.39 is 10.0 Å². The number of aryl methyl sites for hydroxylation is 1. The fraction of sp³-hybridized carbons (Fsp3) is 0.571. The molecule has 2 N–H and O–H groups in total. The van der Waals surface area contributed by atoms with Crippen LogP contribution in [0.3, 0.4) is 0 Å². The van der Waals surface area contributed by atoms with E-state index in [0.29, 0.717) is 30.4 Å². The minimum atomic E-state index is -3.40. The van der Waals surface area contributed by atoms with Gasteiger partial charge in [-0.15, -0.1) is 0 Å². The Morgan fingerprint density at radius 3 is 2.37 bits per heavy atom. The van der Waals surface area contributed by atoms with Crippen LogP contribution in [0.25, 0.3) is 0 Å². The molecule has 108 valence electrons. The van der Waals surface area contributed by atoms with Crippen molar-refractivity contribution < 1.29 is 8.42 Å². The molecule has 1 aromatic carbocycles. The Morgan fingerprint density at radius 2 is 1.95 bits per heavy atom. The lowest BCUT2D eigenvalue weighted by Gasteiger charge is -2.22. The molecule has 0 fully saturated rings. The van der Waals surface area contributed by atoms with Crippen LogP contribution in [0, 0.1) is 12.8 Å². The number of hydrogen-bond donors (Lipinski definition) is 1. The summed E-state index contributed by atoms with van der Waals surface area (Å²) >= 11 is 0. The van der Waals surface area contributed by atoms with E-state index in [4.69, 9.17) is 5.73 Å². The van der Waals surface area contributed by atoms with Crippen LogP contribution in [0.2, 0.25) is 0 Å². The zero-order valence-electron chi connectivity index (χ0n) is 12.2. The smallest absolute Gasteiger partial charge is 0.243 e. The third-order valence-corrected chi connectivity index (χ3v) is 5.03. The van der Waals surface area contributed by atoms with Crippen molar-refractivity contribution in [3.05, 3.63) is 29.3 Å². The molecular weight excluding hydrogens is 260 g/mol. The average molecular weight is 284 g/mol. The number of nitrogens with zero attached hydrogens (tertiary/aromatic N) is 1. The summed E-state index contributed by atoms with van der Waals surface area (Å²) in [6.07, 6.45) is 0. The molecule has 0 aliphatic carbocycles. The van der Waals surface area contributed by atoms with Crippen molar-refractivity contribution in [3.8, 4) is 0 Å². The highest BCUT2D eigenvalue weighted by molar-refractivity contribution is 7.89. The number of hydrogen-bond acceptors (Lipinski definition) is 3. The molecule has 0 amide bonds. The summed E-state index contributed by atoms with van der Waals surface area (Å²) in [4.78, 5) is 0.352. The maximum atomic E-state index is 12.5. The molecule has 1 aromatic rings. The summed E-state index contributed by atoms with van der Waals surface area (Å²) in [6.45, 7) is 9.23. The molecule has 0 spiro atoms. The quantitative estimate of drug-likeness (QED) is 0.870. The zero-order chi connectivity index (χ0) is 14.6. The van der Waals surface area contributed by atoms with Gasteiger partial charge in [0, 0.05) is 19.6 Å². The summed E-state index contributed by atoms with van der Waals surface area (Å²) in [5, 5.41) is 0. The molecule has 0 saturated heterocycles. The van der Waals surface area contributed by atoms with Gasteiger partial charge in [0.25, 0.3) is 0 Å². The van der Waals surface area contributed by atoms with Crippen LogP contribution in [-0.4, -0.2) is 25.8 Å². The van der Waals surface area contributed by atoms with E-state index in [0.717, 1.165) is 11.1 Å². The Balaban J connectivity index is 3.15. The molecule has 0 aromatic heterocycles. The van der Waals surface area contributed by atoms with Crippen molar-refractivity contribution in [1.82, 2.24) is 4.31 Å². The van der Waals surface area contributed by atoms with Crippen molar-refractivity contribution in [1.29, 1.82) is 0 Å². The molecule has 0 atom stereocenters. The van der Waals surface area contributed by atoms with Gasteiger partial charge in [-0.1, -0.05) is 26.8 Å². The lowest BCUT2D eigenvalue weighted by atomic mass is 10.1. The Bertz CT molecular complexity index is 524. The van der Waals surface area contributed by atoms with Gasteiger partial charge in [0.2, 0.25) is 10.0 Å². The summed E-state index contributed by atoms with van der Waals surface area (Å²) in [6, 6.07) is 5.15. The van der Waals surface area contributed by atoms with Crippen molar-refractivity contribution in [3.63, 3.8) is 0 Å². The van der Waals surface area contributed by atoms with Crippen molar-refractivity contribution in [2.75, 3.05) is 13.1 Å². The third kappa shape index (κ3) is 3.78. The van der Waals surface area contributed by atoms with Crippen LogP contribution >= 0.6 is 0 Å². The van der Waals surface area contributed by atoms with E-state index in [-0.39, 0.29) is 0 Å². The second-order valence-corrected chi connectivity index (χ2v) is 7.08. The molecule has 0 heterocycles. The zero-order valence-corrected chi connectivity index (χ0v) is 13.0. The summed E-state index contributed by atoms with van der Waals surface area (Å²) in [5.41, 5.74) is 7.50. The van der Waals surface area contributed by atoms with Gasteiger partial charge in [0.05, 0.1) is 4.90 Å². The van der Waals surface area contributed by atoms with Crippen LogP contribution in [0.15, 0.2) is 23.1 Å². The molecule has 0 unspecified atom stereocenters. The van der Waals surface area contributed by atoms with Gasteiger partial charge >= 0.3 is 0 Å². The largest absolute Gasteiger partial charge is 0.326 e. The van der Waals surface area contributed by atoms with Gasteiger partial charge < -0.3 is 5.73 Å². The van der Waals surface area contributed by atoms with Crippen molar-refractivity contribution >= 4 is 10.0 Å². The molecule has 0 saturated carbocycles. The Kier molecular flexibility index (Phi) is 5.52. The van der Waals surface area contributed by atoms with E-state index in [9.17, 15) is 8.42 Å². The van der Waals surface area contributed by atoms with Gasteiger partial charge in [-0.05, 0) is 36.1 Å². The Morgan fingerprint density at radius 1 is 1.32 bits per heavy atom. The average Bonchev–Trinajstić information content (AvgIpc) is 2.35. The lowest BCUT2D eigenvalue weighted by molar-refractivity contribution is 0.381. The number of sulfonamides is 1. The van der Waals surface area contributed by atoms with Crippen LogP contribution in [-0.2, 0) is 16.6 Å². The first-order valence-corrected chi connectivity index (χ1v) is 8.06. The number of rotatable bonds is 6. The monoisotopic (exact) mass is 284 g/mol. The predicted molar refractivity (Wildman–Crippen MR) is 78.3 cm³/mol. The first-order chi connectivity index (χ1) is 8.82. The third-order valence-electron chi connectivity index (χ3n) is 3.09. The number of nitrogens with two attached hydrogens (primary N) is 1. The van der Waals surface area contributed by atoms with Gasteiger partial charge in [-0.25, -0.2) is 8.42 Å². The second kappa shape index (κ2) is 6.50. The van der Waals surface area contributed by atoms with E-state index in [1.165, 1.54) is 4.31 Å². The highest BCUT2D eigenvalue weighted by Gasteiger charge is 2.23. The standard InChI is InChI=1S/C14H24N2O2S/c1-5-16(10-11(2)3)19(17,18)14-7-6-13(9-15)12(4)8-14/h6-8,11H,5,9-10,15H2,1-4H3. The van der Waals surface area contributed by atoms with Crippen molar-refractivity contribution in [2.45, 2.75) is 39.1 Å². The second-order valence-electron chi connectivity index (χ2n) is 5.14. The minimum Gasteiger partial charge on any atom is -0.326 e. The molecule has 1 rings (SSSR count). The predicted octanol–water partition coefficient (Wildman–Crippen LogP) is 2.12. The van der Waals surface area contributed by atoms with Crippen LogP contribution < -0.4 is 5.73 Å². The number of benzene rings is 1. The minimum absolute atomic E-state index is 0.305.